The first-order valence-electron chi connectivity index (χ1n) is 5.87. The zero-order valence-corrected chi connectivity index (χ0v) is 11.2. The maximum Gasteiger partial charge on any atom is 0.0929 e. The number of hydrogen-bond acceptors (Lipinski definition) is 4. The molecule has 0 saturated carbocycles. The van der Waals surface area contributed by atoms with Gasteiger partial charge in [-0.05, 0) is 12.3 Å². The Hall–Kier alpha value is -0.450. The van der Waals surface area contributed by atoms with Crippen molar-refractivity contribution in [1.29, 1.82) is 0 Å². The summed E-state index contributed by atoms with van der Waals surface area (Å²) in [6, 6.07) is 0.0809. The molecule has 1 heterocycles. The monoisotopic (exact) mass is 242 g/mol. The molecule has 92 valence electrons. The number of hydrogen-bond donors (Lipinski definition) is 1. The summed E-state index contributed by atoms with van der Waals surface area (Å²) in [5.41, 5.74) is 7.18. The minimum absolute atomic E-state index is 0.0809. The first-order chi connectivity index (χ1) is 7.69. The molecule has 0 aliphatic rings. The molecule has 16 heavy (non-hydrogen) atoms. The predicted octanol–water partition coefficient (Wildman–Crippen LogP) is 2.77. The second-order valence-electron chi connectivity index (χ2n) is 4.17. The van der Waals surface area contributed by atoms with Gasteiger partial charge < -0.3 is 10.5 Å². The first kappa shape index (κ1) is 13.6. The van der Waals surface area contributed by atoms with Crippen LogP contribution in [0.5, 0.6) is 0 Å². The number of nitrogens with zero attached hydrogens (tertiary/aromatic N) is 1. The van der Waals surface area contributed by atoms with Gasteiger partial charge in [-0.1, -0.05) is 20.3 Å². The molecular weight excluding hydrogens is 220 g/mol. The lowest BCUT2D eigenvalue weighted by atomic mass is 9.98. The van der Waals surface area contributed by atoms with Crippen LogP contribution in [0.25, 0.3) is 0 Å². The average Bonchev–Trinajstić information content (AvgIpc) is 2.76. The van der Waals surface area contributed by atoms with E-state index in [4.69, 9.17) is 10.5 Å². The largest absolute Gasteiger partial charge is 0.385 e. The van der Waals surface area contributed by atoms with Gasteiger partial charge in [-0.3, -0.25) is 0 Å². The van der Waals surface area contributed by atoms with Crippen LogP contribution >= 0.6 is 11.3 Å². The summed E-state index contributed by atoms with van der Waals surface area (Å²) >= 11 is 1.71. The molecule has 0 fully saturated rings. The Bertz CT molecular complexity index is 301. The molecule has 0 aliphatic heterocycles. The minimum Gasteiger partial charge on any atom is -0.385 e. The third-order valence-corrected chi connectivity index (χ3v) is 3.83. The fourth-order valence-electron chi connectivity index (χ4n) is 1.51. The summed E-state index contributed by atoms with van der Waals surface area (Å²) in [6.45, 7) is 5.14. The van der Waals surface area contributed by atoms with Crippen LogP contribution in [-0.4, -0.2) is 18.7 Å². The van der Waals surface area contributed by atoms with Crippen molar-refractivity contribution in [2.75, 3.05) is 13.7 Å². The third kappa shape index (κ3) is 3.85. The van der Waals surface area contributed by atoms with Crippen LogP contribution in [0.3, 0.4) is 0 Å². The fourth-order valence-corrected chi connectivity index (χ4v) is 2.39. The van der Waals surface area contributed by atoms with E-state index < -0.39 is 0 Å². The van der Waals surface area contributed by atoms with E-state index in [1.54, 1.807) is 18.4 Å². The minimum atomic E-state index is 0.0809. The second-order valence-corrected chi connectivity index (χ2v) is 5.12. The van der Waals surface area contributed by atoms with Gasteiger partial charge in [0.2, 0.25) is 0 Å². The number of nitrogens with two attached hydrogens (primary N) is 1. The smallest absolute Gasteiger partial charge is 0.0929 e. The lowest BCUT2D eigenvalue weighted by molar-refractivity contribution is 0.195. The molecule has 0 spiro atoms. The van der Waals surface area contributed by atoms with E-state index in [1.165, 1.54) is 5.01 Å². The number of methoxy groups -OCH3 is 1. The number of aromatic nitrogens is 1. The molecule has 2 atom stereocenters. The molecule has 4 heteroatoms. The van der Waals surface area contributed by atoms with Crippen LogP contribution in [0.2, 0.25) is 0 Å². The van der Waals surface area contributed by atoms with E-state index in [0.717, 1.165) is 31.6 Å². The maximum atomic E-state index is 6.14. The lowest BCUT2D eigenvalue weighted by Crippen LogP contribution is -2.18. The van der Waals surface area contributed by atoms with Crippen LogP contribution < -0.4 is 5.73 Å². The Labute approximate surface area is 102 Å². The number of rotatable bonds is 7. The Balaban J connectivity index is 2.50. The van der Waals surface area contributed by atoms with Crippen molar-refractivity contribution in [3.63, 3.8) is 0 Å². The molecule has 0 saturated heterocycles. The predicted molar refractivity (Wildman–Crippen MR) is 68.7 cm³/mol. The topological polar surface area (TPSA) is 48.1 Å². The van der Waals surface area contributed by atoms with Gasteiger partial charge >= 0.3 is 0 Å². The Morgan fingerprint density at radius 2 is 2.31 bits per heavy atom. The highest BCUT2D eigenvalue weighted by molar-refractivity contribution is 7.09. The molecule has 0 aliphatic carbocycles. The van der Waals surface area contributed by atoms with Gasteiger partial charge in [0, 0.05) is 25.5 Å². The van der Waals surface area contributed by atoms with Crippen molar-refractivity contribution >= 4 is 11.3 Å². The van der Waals surface area contributed by atoms with Crippen LogP contribution in [0.4, 0.5) is 0 Å². The van der Waals surface area contributed by atoms with Gasteiger partial charge in [-0.15, -0.1) is 11.3 Å². The highest BCUT2D eigenvalue weighted by atomic mass is 32.1. The van der Waals surface area contributed by atoms with E-state index in [9.17, 15) is 0 Å². The SMILES string of the molecule is CCC(C)C(N)c1csc(CCCOC)n1. The van der Waals surface area contributed by atoms with E-state index in [2.05, 4.69) is 24.2 Å². The zero-order valence-electron chi connectivity index (χ0n) is 10.4. The van der Waals surface area contributed by atoms with Gasteiger partial charge in [-0.2, -0.15) is 0 Å². The highest BCUT2D eigenvalue weighted by Gasteiger charge is 2.16. The molecule has 1 rings (SSSR count). The molecule has 2 unspecified atom stereocenters. The van der Waals surface area contributed by atoms with Crippen molar-refractivity contribution in [2.24, 2.45) is 11.7 Å². The normalized spacial score (nSPS) is 15.0. The number of ether oxygens (including phenoxy) is 1. The van der Waals surface area contributed by atoms with Crippen LogP contribution in [0.15, 0.2) is 5.38 Å². The van der Waals surface area contributed by atoms with Gasteiger partial charge in [0.1, 0.15) is 0 Å². The summed E-state index contributed by atoms with van der Waals surface area (Å²) in [6.07, 6.45) is 3.12. The van der Waals surface area contributed by atoms with Gasteiger partial charge in [0.15, 0.2) is 0 Å². The molecular formula is C12H22N2OS. The second kappa shape index (κ2) is 6.99. The quantitative estimate of drug-likeness (QED) is 0.748. The maximum absolute atomic E-state index is 6.14. The number of thiazole rings is 1. The van der Waals surface area contributed by atoms with E-state index >= 15 is 0 Å². The lowest BCUT2D eigenvalue weighted by Gasteiger charge is -2.15. The fraction of sp³-hybridized carbons (Fsp3) is 0.750. The molecule has 1 aromatic heterocycles. The molecule has 1 aromatic rings. The summed E-state index contributed by atoms with van der Waals surface area (Å²) in [4.78, 5) is 4.59. The average molecular weight is 242 g/mol. The summed E-state index contributed by atoms with van der Waals surface area (Å²) in [5.74, 6) is 0.494. The van der Waals surface area contributed by atoms with Crippen molar-refractivity contribution in [2.45, 2.75) is 39.2 Å². The molecule has 0 aromatic carbocycles. The third-order valence-electron chi connectivity index (χ3n) is 2.91. The molecule has 0 amide bonds. The highest BCUT2D eigenvalue weighted by Crippen LogP contribution is 2.23. The van der Waals surface area contributed by atoms with Crippen LogP contribution in [0.1, 0.15) is 43.4 Å². The van der Waals surface area contributed by atoms with Crippen LogP contribution in [0, 0.1) is 5.92 Å². The molecule has 2 N–H and O–H groups in total. The van der Waals surface area contributed by atoms with Crippen molar-refractivity contribution in [3.8, 4) is 0 Å². The van der Waals surface area contributed by atoms with Gasteiger partial charge in [0.05, 0.1) is 16.7 Å². The standard InChI is InChI=1S/C12H22N2OS/c1-4-9(2)12(13)10-8-16-11(14-10)6-5-7-15-3/h8-9,12H,4-7,13H2,1-3H3. The van der Waals surface area contributed by atoms with Crippen LogP contribution in [-0.2, 0) is 11.2 Å². The summed E-state index contributed by atoms with van der Waals surface area (Å²) in [5, 5.41) is 3.27. The van der Waals surface area contributed by atoms with E-state index in [-0.39, 0.29) is 6.04 Å². The van der Waals surface area contributed by atoms with Crippen molar-refractivity contribution in [3.05, 3.63) is 16.1 Å². The van der Waals surface area contributed by atoms with E-state index in [0.29, 0.717) is 5.92 Å². The van der Waals surface area contributed by atoms with Gasteiger partial charge in [-0.25, -0.2) is 4.98 Å². The summed E-state index contributed by atoms with van der Waals surface area (Å²) < 4.78 is 5.03. The van der Waals surface area contributed by atoms with Gasteiger partial charge in [0.25, 0.3) is 0 Å². The zero-order chi connectivity index (χ0) is 12.0. The van der Waals surface area contributed by atoms with E-state index in [1.807, 2.05) is 0 Å². The Kier molecular flexibility index (Phi) is 5.95. The molecule has 0 bridgehead atoms. The Morgan fingerprint density at radius 1 is 1.56 bits per heavy atom. The molecule has 0 radical (unpaired) electrons. The number of aryl methyl sites for hydroxylation is 1. The Morgan fingerprint density at radius 3 is 2.94 bits per heavy atom. The van der Waals surface area contributed by atoms with Crippen molar-refractivity contribution < 1.29 is 4.74 Å². The molecule has 3 nitrogen and oxygen atoms in total. The first-order valence-corrected chi connectivity index (χ1v) is 6.75. The van der Waals surface area contributed by atoms with Crippen molar-refractivity contribution in [1.82, 2.24) is 4.98 Å². The summed E-state index contributed by atoms with van der Waals surface area (Å²) in [7, 11) is 1.73.